The Bertz CT molecular complexity index is 401. The minimum absolute atomic E-state index is 0.168. The van der Waals surface area contributed by atoms with Crippen LogP contribution in [0, 0.1) is 13.8 Å². The lowest BCUT2D eigenvalue weighted by Crippen LogP contribution is -2.31. The van der Waals surface area contributed by atoms with Gasteiger partial charge in [-0.1, -0.05) is 17.7 Å². The molecule has 3 nitrogen and oxygen atoms in total. The topological polar surface area (TPSA) is 29.5 Å². The van der Waals surface area contributed by atoms with Crippen LogP contribution in [0.5, 0.6) is 0 Å². The first-order valence-electron chi connectivity index (χ1n) is 6.46. The summed E-state index contributed by atoms with van der Waals surface area (Å²) < 4.78 is 4.98. The van der Waals surface area contributed by atoms with Crippen molar-refractivity contribution in [2.75, 3.05) is 25.2 Å². The molecule has 0 saturated carbocycles. The molecule has 0 radical (unpaired) electrons. The normalized spacial score (nSPS) is 10.4. The van der Waals surface area contributed by atoms with E-state index in [2.05, 4.69) is 13.0 Å². The van der Waals surface area contributed by atoms with Crippen molar-refractivity contribution in [2.45, 2.75) is 33.6 Å². The first-order chi connectivity index (χ1) is 8.60. The van der Waals surface area contributed by atoms with Crippen LogP contribution in [0.1, 0.15) is 30.9 Å². The molecule has 0 unspecified atom stereocenters. The molecule has 0 aliphatic rings. The van der Waals surface area contributed by atoms with Crippen LogP contribution in [-0.4, -0.2) is 26.2 Å². The minimum Gasteiger partial charge on any atom is -0.385 e. The number of nitrogens with zero attached hydrogens (tertiary/aromatic N) is 1. The van der Waals surface area contributed by atoms with Gasteiger partial charge < -0.3 is 9.64 Å². The second kappa shape index (κ2) is 7.17. The predicted molar refractivity (Wildman–Crippen MR) is 75.1 cm³/mol. The van der Waals surface area contributed by atoms with E-state index in [1.54, 1.807) is 7.11 Å². The molecule has 0 fully saturated rings. The summed E-state index contributed by atoms with van der Waals surface area (Å²) in [5, 5.41) is 0. The highest BCUT2D eigenvalue weighted by molar-refractivity contribution is 5.94. The Labute approximate surface area is 110 Å². The van der Waals surface area contributed by atoms with Gasteiger partial charge in [0, 0.05) is 32.4 Å². The second-order valence-electron chi connectivity index (χ2n) is 4.52. The van der Waals surface area contributed by atoms with E-state index in [1.807, 2.05) is 30.9 Å². The van der Waals surface area contributed by atoms with E-state index in [9.17, 15) is 4.79 Å². The third kappa shape index (κ3) is 3.84. The Hall–Kier alpha value is -1.35. The van der Waals surface area contributed by atoms with Crippen LogP contribution in [-0.2, 0) is 9.53 Å². The Morgan fingerprint density at radius 1 is 1.33 bits per heavy atom. The Kier molecular flexibility index (Phi) is 5.86. The summed E-state index contributed by atoms with van der Waals surface area (Å²) in [4.78, 5) is 14.0. The van der Waals surface area contributed by atoms with E-state index in [4.69, 9.17) is 4.74 Å². The highest BCUT2D eigenvalue weighted by Crippen LogP contribution is 2.22. The van der Waals surface area contributed by atoms with Crippen LogP contribution in [0.2, 0.25) is 0 Å². The summed E-state index contributed by atoms with van der Waals surface area (Å²) in [7, 11) is 1.66. The lowest BCUT2D eigenvalue weighted by atomic mass is 10.1. The van der Waals surface area contributed by atoms with Gasteiger partial charge in [0.2, 0.25) is 5.91 Å². The average molecular weight is 249 g/mol. The Morgan fingerprint density at radius 2 is 2.06 bits per heavy atom. The van der Waals surface area contributed by atoms with E-state index in [0.717, 1.165) is 17.7 Å². The molecule has 18 heavy (non-hydrogen) atoms. The van der Waals surface area contributed by atoms with Crippen LogP contribution in [0.15, 0.2) is 18.2 Å². The quantitative estimate of drug-likeness (QED) is 0.725. The number of carbonyl (C=O) groups excluding carboxylic acids is 1. The van der Waals surface area contributed by atoms with Gasteiger partial charge in [0.1, 0.15) is 0 Å². The maximum absolute atomic E-state index is 12.2. The number of rotatable bonds is 6. The molecular weight excluding hydrogens is 226 g/mol. The van der Waals surface area contributed by atoms with Crippen molar-refractivity contribution in [1.82, 2.24) is 0 Å². The molecule has 0 aliphatic carbocycles. The van der Waals surface area contributed by atoms with Crippen LogP contribution < -0.4 is 4.90 Å². The lowest BCUT2D eigenvalue weighted by molar-refractivity contribution is -0.118. The number of hydrogen-bond acceptors (Lipinski definition) is 2. The smallest absolute Gasteiger partial charge is 0.227 e. The van der Waals surface area contributed by atoms with Crippen LogP contribution in [0.3, 0.4) is 0 Å². The van der Waals surface area contributed by atoms with Crippen LogP contribution in [0.25, 0.3) is 0 Å². The van der Waals surface area contributed by atoms with Gasteiger partial charge in [-0.15, -0.1) is 0 Å². The van der Waals surface area contributed by atoms with E-state index >= 15 is 0 Å². The molecule has 1 aromatic carbocycles. The lowest BCUT2D eigenvalue weighted by Gasteiger charge is -2.23. The first-order valence-corrected chi connectivity index (χ1v) is 6.46. The summed E-state index contributed by atoms with van der Waals surface area (Å²) >= 11 is 0. The van der Waals surface area contributed by atoms with Gasteiger partial charge in [0.15, 0.2) is 0 Å². The zero-order chi connectivity index (χ0) is 13.5. The molecule has 0 heterocycles. The fraction of sp³-hybridized carbons (Fsp3) is 0.533. The molecule has 0 aliphatic heterocycles. The third-order valence-corrected chi connectivity index (χ3v) is 3.00. The highest BCUT2D eigenvalue weighted by Gasteiger charge is 2.15. The van der Waals surface area contributed by atoms with Crippen molar-refractivity contribution in [1.29, 1.82) is 0 Å². The summed E-state index contributed by atoms with van der Waals surface area (Å²) in [5.74, 6) is 0.168. The number of benzene rings is 1. The van der Waals surface area contributed by atoms with Gasteiger partial charge in [-0.3, -0.25) is 4.79 Å². The molecule has 0 bridgehead atoms. The van der Waals surface area contributed by atoms with Gasteiger partial charge in [-0.05, 0) is 38.8 Å². The monoisotopic (exact) mass is 249 g/mol. The molecule has 100 valence electrons. The molecule has 0 saturated heterocycles. The predicted octanol–water partition coefficient (Wildman–Crippen LogP) is 3.08. The van der Waals surface area contributed by atoms with E-state index < -0.39 is 0 Å². The maximum atomic E-state index is 12.2. The van der Waals surface area contributed by atoms with Crippen molar-refractivity contribution >= 4 is 11.6 Å². The second-order valence-corrected chi connectivity index (χ2v) is 4.52. The number of ether oxygens (including phenoxy) is 1. The van der Waals surface area contributed by atoms with Crippen molar-refractivity contribution in [3.63, 3.8) is 0 Å². The van der Waals surface area contributed by atoms with Crippen molar-refractivity contribution < 1.29 is 9.53 Å². The number of aryl methyl sites for hydroxylation is 2. The van der Waals surface area contributed by atoms with Crippen LogP contribution >= 0.6 is 0 Å². The van der Waals surface area contributed by atoms with E-state index in [1.165, 1.54) is 5.56 Å². The van der Waals surface area contributed by atoms with Gasteiger partial charge in [-0.25, -0.2) is 0 Å². The standard InChI is InChI=1S/C15H23NO2/c1-5-16(15(17)7-6-10-18-4)14-9-8-12(2)11-13(14)3/h8-9,11H,5-7,10H2,1-4H3. The fourth-order valence-electron chi connectivity index (χ4n) is 2.09. The van der Waals surface area contributed by atoms with E-state index in [-0.39, 0.29) is 5.91 Å². The van der Waals surface area contributed by atoms with Crippen molar-refractivity contribution in [2.24, 2.45) is 0 Å². The molecule has 1 rings (SSSR count). The number of carbonyl (C=O) groups is 1. The van der Waals surface area contributed by atoms with E-state index in [0.29, 0.717) is 19.6 Å². The van der Waals surface area contributed by atoms with Crippen molar-refractivity contribution in [3.05, 3.63) is 29.3 Å². The minimum atomic E-state index is 0.168. The Morgan fingerprint density at radius 3 is 2.61 bits per heavy atom. The summed E-state index contributed by atoms with van der Waals surface area (Å²) in [6.45, 7) is 7.46. The van der Waals surface area contributed by atoms with Gasteiger partial charge in [0.05, 0.1) is 0 Å². The third-order valence-electron chi connectivity index (χ3n) is 3.00. The number of amides is 1. The summed E-state index contributed by atoms with van der Waals surface area (Å²) in [5.41, 5.74) is 3.39. The molecule has 3 heteroatoms. The van der Waals surface area contributed by atoms with Crippen LogP contribution in [0.4, 0.5) is 5.69 Å². The average Bonchev–Trinajstić information content (AvgIpc) is 2.33. The van der Waals surface area contributed by atoms with Crippen molar-refractivity contribution in [3.8, 4) is 0 Å². The molecular formula is C15H23NO2. The summed E-state index contributed by atoms with van der Waals surface area (Å²) in [6, 6.07) is 6.19. The number of hydrogen-bond donors (Lipinski definition) is 0. The fourth-order valence-corrected chi connectivity index (χ4v) is 2.09. The number of methoxy groups -OCH3 is 1. The van der Waals surface area contributed by atoms with Gasteiger partial charge in [-0.2, -0.15) is 0 Å². The SMILES string of the molecule is CCN(C(=O)CCCOC)c1ccc(C)cc1C. The van der Waals surface area contributed by atoms with Gasteiger partial charge >= 0.3 is 0 Å². The molecule has 0 atom stereocenters. The van der Waals surface area contributed by atoms with Gasteiger partial charge in [0.25, 0.3) is 0 Å². The zero-order valence-corrected chi connectivity index (χ0v) is 11.8. The molecule has 0 aromatic heterocycles. The highest BCUT2D eigenvalue weighted by atomic mass is 16.5. The largest absolute Gasteiger partial charge is 0.385 e. The molecule has 1 amide bonds. The summed E-state index contributed by atoms with van der Waals surface area (Å²) in [6.07, 6.45) is 1.31. The number of anilines is 1. The maximum Gasteiger partial charge on any atom is 0.227 e. The first kappa shape index (κ1) is 14.7. The molecule has 0 N–H and O–H groups in total. The Balaban J connectivity index is 2.78. The molecule has 0 spiro atoms. The molecule has 1 aromatic rings. The zero-order valence-electron chi connectivity index (χ0n) is 11.8.